The lowest BCUT2D eigenvalue weighted by Crippen LogP contribution is -2.08. The van der Waals surface area contributed by atoms with E-state index in [-0.39, 0.29) is 0 Å². The molecule has 0 atom stereocenters. The second kappa shape index (κ2) is 4.99. The molecule has 0 unspecified atom stereocenters. The van der Waals surface area contributed by atoms with E-state index in [2.05, 4.69) is 10.3 Å². The van der Waals surface area contributed by atoms with Gasteiger partial charge in [-0.05, 0) is 32.1 Å². The zero-order chi connectivity index (χ0) is 11.4. The molecule has 86 valence electrons. The SMILES string of the molecule is CNCCCc1nc2c(OC)cccc2o1. The molecule has 0 amide bonds. The molecule has 1 heterocycles. The fourth-order valence-electron chi connectivity index (χ4n) is 1.66. The summed E-state index contributed by atoms with van der Waals surface area (Å²) in [6.07, 6.45) is 1.87. The first kappa shape index (κ1) is 11.0. The standard InChI is InChI=1S/C12H16N2O2/c1-13-8-4-7-11-14-12-9(15-2)5-3-6-10(12)16-11/h3,5-6,13H,4,7-8H2,1-2H3. The maximum absolute atomic E-state index is 5.64. The highest BCUT2D eigenvalue weighted by Gasteiger charge is 2.09. The van der Waals surface area contributed by atoms with E-state index in [1.807, 2.05) is 25.2 Å². The molecule has 2 rings (SSSR count). The van der Waals surface area contributed by atoms with Crippen LogP contribution in [0.3, 0.4) is 0 Å². The number of benzene rings is 1. The summed E-state index contributed by atoms with van der Waals surface area (Å²) >= 11 is 0. The predicted octanol–water partition coefficient (Wildman–Crippen LogP) is 1.99. The van der Waals surface area contributed by atoms with Crippen LogP contribution in [0.4, 0.5) is 0 Å². The summed E-state index contributed by atoms with van der Waals surface area (Å²) in [4.78, 5) is 4.44. The summed E-state index contributed by atoms with van der Waals surface area (Å²) in [7, 11) is 3.58. The number of hydrogen-bond acceptors (Lipinski definition) is 4. The Hall–Kier alpha value is -1.55. The number of rotatable bonds is 5. The van der Waals surface area contributed by atoms with Crippen molar-refractivity contribution in [3.8, 4) is 5.75 Å². The Morgan fingerprint density at radius 3 is 3.06 bits per heavy atom. The molecule has 4 nitrogen and oxygen atoms in total. The van der Waals surface area contributed by atoms with Gasteiger partial charge in [0.25, 0.3) is 0 Å². The number of fused-ring (bicyclic) bond motifs is 1. The first-order chi connectivity index (χ1) is 7.85. The van der Waals surface area contributed by atoms with Gasteiger partial charge in [0.15, 0.2) is 17.0 Å². The minimum atomic E-state index is 0.765. The van der Waals surface area contributed by atoms with Crippen molar-refractivity contribution in [1.82, 2.24) is 10.3 Å². The summed E-state index contributed by atoms with van der Waals surface area (Å²) in [5.74, 6) is 1.54. The van der Waals surface area contributed by atoms with Crippen molar-refractivity contribution in [2.45, 2.75) is 12.8 Å². The monoisotopic (exact) mass is 220 g/mol. The van der Waals surface area contributed by atoms with Crippen LogP contribution in [-0.4, -0.2) is 25.7 Å². The minimum absolute atomic E-state index is 0.765. The zero-order valence-electron chi connectivity index (χ0n) is 9.62. The van der Waals surface area contributed by atoms with Crippen molar-refractivity contribution < 1.29 is 9.15 Å². The average Bonchev–Trinajstić information content (AvgIpc) is 2.71. The Labute approximate surface area is 94.6 Å². The third-order valence-electron chi connectivity index (χ3n) is 2.46. The number of nitrogens with one attached hydrogen (secondary N) is 1. The van der Waals surface area contributed by atoms with Crippen LogP contribution in [0.2, 0.25) is 0 Å². The van der Waals surface area contributed by atoms with Crippen molar-refractivity contribution in [2.24, 2.45) is 0 Å². The smallest absolute Gasteiger partial charge is 0.195 e. The van der Waals surface area contributed by atoms with Gasteiger partial charge in [0.1, 0.15) is 5.75 Å². The summed E-state index contributed by atoms with van der Waals surface area (Å²) in [5, 5.41) is 3.10. The summed E-state index contributed by atoms with van der Waals surface area (Å²) < 4.78 is 10.9. The Balaban J connectivity index is 2.22. The van der Waals surface area contributed by atoms with Gasteiger partial charge < -0.3 is 14.5 Å². The second-order valence-corrected chi connectivity index (χ2v) is 3.62. The van der Waals surface area contributed by atoms with E-state index in [1.54, 1.807) is 7.11 Å². The molecule has 1 N–H and O–H groups in total. The molecule has 0 aliphatic heterocycles. The van der Waals surface area contributed by atoms with Crippen LogP contribution in [-0.2, 0) is 6.42 Å². The maximum atomic E-state index is 5.64. The Kier molecular flexibility index (Phi) is 3.41. The van der Waals surface area contributed by atoms with Gasteiger partial charge in [-0.2, -0.15) is 0 Å². The highest BCUT2D eigenvalue weighted by Crippen LogP contribution is 2.25. The largest absolute Gasteiger partial charge is 0.494 e. The fraction of sp³-hybridized carbons (Fsp3) is 0.417. The van der Waals surface area contributed by atoms with Crippen LogP contribution in [0.25, 0.3) is 11.1 Å². The highest BCUT2D eigenvalue weighted by atomic mass is 16.5. The molecule has 2 aromatic rings. The minimum Gasteiger partial charge on any atom is -0.494 e. The number of hydrogen-bond donors (Lipinski definition) is 1. The Bertz CT molecular complexity index is 465. The molecule has 0 aliphatic rings. The van der Waals surface area contributed by atoms with Crippen LogP contribution in [0, 0.1) is 0 Å². The number of nitrogens with zero attached hydrogens (tertiary/aromatic N) is 1. The first-order valence-electron chi connectivity index (χ1n) is 5.42. The number of oxazole rings is 1. The lowest BCUT2D eigenvalue weighted by atomic mass is 10.3. The maximum Gasteiger partial charge on any atom is 0.195 e. The third-order valence-corrected chi connectivity index (χ3v) is 2.46. The van der Waals surface area contributed by atoms with E-state index in [4.69, 9.17) is 9.15 Å². The van der Waals surface area contributed by atoms with Crippen LogP contribution in [0.15, 0.2) is 22.6 Å². The van der Waals surface area contributed by atoms with Gasteiger partial charge in [0, 0.05) is 6.42 Å². The molecule has 4 heteroatoms. The molecular formula is C12H16N2O2. The number of ether oxygens (including phenoxy) is 1. The van der Waals surface area contributed by atoms with E-state index in [1.165, 1.54) is 0 Å². The molecule has 0 fully saturated rings. The Morgan fingerprint density at radius 2 is 2.31 bits per heavy atom. The molecular weight excluding hydrogens is 204 g/mol. The van der Waals surface area contributed by atoms with Gasteiger partial charge in [-0.3, -0.25) is 0 Å². The average molecular weight is 220 g/mol. The predicted molar refractivity (Wildman–Crippen MR) is 62.8 cm³/mol. The van der Waals surface area contributed by atoms with E-state index >= 15 is 0 Å². The highest BCUT2D eigenvalue weighted by molar-refractivity contribution is 5.79. The van der Waals surface area contributed by atoms with Crippen molar-refractivity contribution in [3.05, 3.63) is 24.1 Å². The zero-order valence-corrected chi connectivity index (χ0v) is 9.62. The number of methoxy groups -OCH3 is 1. The second-order valence-electron chi connectivity index (χ2n) is 3.62. The molecule has 0 saturated heterocycles. The number of aromatic nitrogens is 1. The lowest BCUT2D eigenvalue weighted by Gasteiger charge is -1.96. The molecule has 16 heavy (non-hydrogen) atoms. The molecule has 0 aliphatic carbocycles. The lowest BCUT2D eigenvalue weighted by molar-refractivity contribution is 0.419. The first-order valence-corrected chi connectivity index (χ1v) is 5.42. The Morgan fingerprint density at radius 1 is 1.44 bits per heavy atom. The van der Waals surface area contributed by atoms with Gasteiger partial charge in [0.2, 0.25) is 0 Å². The van der Waals surface area contributed by atoms with Crippen molar-refractivity contribution in [1.29, 1.82) is 0 Å². The number of para-hydroxylation sites is 1. The fourth-order valence-corrected chi connectivity index (χ4v) is 1.66. The molecule has 0 spiro atoms. The van der Waals surface area contributed by atoms with E-state index < -0.39 is 0 Å². The molecule has 0 saturated carbocycles. The van der Waals surface area contributed by atoms with Crippen molar-refractivity contribution in [3.63, 3.8) is 0 Å². The van der Waals surface area contributed by atoms with E-state index in [0.717, 1.165) is 42.1 Å². The molecule has 1 aromatic carbocycles. The van der Waals surface area contributed by atoms with E-state index in [0.29, 0.717) is 0 Å². The number of aryl methyl sites for hydroxylation is 1. The van der Waals surface area contributed by atoms with Crippen molar-refractivity contribution in [2.75, 3.05) is 20.7 Å². The summed E-state index contributed by atoms with van der Waals surface area (Å²) in [5.41, 5.74) is 1.60. The van der Waals surface area contributed by atoms with Crippen LogP contribution in [0.5, 0.6) is 5.75 Å². The third kappa shape index (κ3) is 2.17. The van der Waals surface area contributed by atoms with Gasteiger partial charge in [-0.1, -0.05) is 6.07 Å². The summed E-state index contributed by atoms with van der Waals surface area (Å²) in [6, 6.07) is 5.71. The van der Waals surface area contributed by atoms with Gasteiger partial charge in [0.05, 0.1) is 7.11 Å². The quantitative estimate of drug-likeness (QED) is 0.783. The van der Waals surface area contributed by atoms with E-state index in [9.17, 15) is 0 Å². The van der Waals surface area contributed by atoms with Crippen molar-refractivity contribution >= 4 is 11.1 Å². The molecule has 0 radical (unpaired) electrons. The van der Waals surface area contributed by atoms with Crippen LogP contribution < -0.4 is 10.1 Å². The molecule has 0 bridgehead atoms. The summed E-state index contributed by atoms with van der Waals surface area (Å²) in [6.45, 7) is 0.968. The molecule has 1 aromatic heterocycles. The van der Waals surface area contributed by atoms with Gasteiger partial charge in [-0.15, -0.1) is 0 Å². The normalized spacial score (nSPS) is 10.9. The van der Waals surface area contributed by atoms with Gasteiger partial charge in [-0.25, -0.2) is 4.98 Å². The topological polar surface area (TPSA) is 47.3 Å². The van der Waals surface area contributed by atoms with Gasteiger partial charge >= 0.3 is 0 Å². The van der Waals surface area contributed by atoms with Crippen LogP contribution >= 0.6 is 0 Å². The van der Waals surface area contributed by atoms with Crippen LogP contribution in [0.1, 0.15) is 12.3 Å².